The quantitative estimate of drug-likeness (QED) is 0.256. The SMILES string of the molecule is Cc1ccc(C)c(OCCN2C(=O)S/C(=C\c3c(C)n(Cc4ccccc4C#N)c4ccccc34)C2=O)c1. The molecule has 38 heavy (non-hydrogen) atoms. The van der Waals surface area contributed by atoms with Gasteiger partial charge in [-0.05, 0) is 73.5 Å². The Morgan fingerprint density at radius 2 is 1.76 bits per heavy atom. The third-order valence-electron chi connectivity index (χ3n) is 6.81. The fraction of sp³-hybridized carbons (Fsp3) is 0.194. The van der Waals surface area contributed by atoms with Crippen LogP contribution in [0.3, 0.4) is 0 Å². The van der Waals surface area contributed by atoms with E-state index in [-0.39, 0.29) is 24.3 Å². The monoisotopic (exact) mass is 521 g/mol. The zero-order chi connectivity index (χ0) is 26.8. The predicted molar refractivity (Wildman–Crippen MR) is 151 cm³/mol. The Kier molecular flexibility index (Phi) is 7.08. The number of nitriles is 1. The van der Waals surface area contributed by atoms with E-state index in [1.807, 2.05) is 93.6 Å². The topological polar surface area (TPSA) is 75.3 Å². The molecule has 0 spiro atoms. The summed E-state index contributed by atoms with van der Waals surface area (Å²) in [6.45, 7) is 6.90. The number of carbonyl (C=O) groups is 2. The van der Waals surface area contributed by atoms with Crippen molar-refractivity contribution in [1.82, 2.24) is 9.47 Å². The van der Waals surface area contributed by atoms with Gasteiger partial charge >= 0.3 is 0 Å². The van der Waals surface area contributed by atoms with Crippen LogP contribution >= 0.6 is 11.8 Å². The van der Waals surface area contributed by atoms with E-state index in [2.05, 4.69) is 10.6 Å². The number of hydrogen-bond donors (Lipinski definition) is 0. The van der Waals surface area contributed by atoms with Gasteiger partial charge in [-0.2, -0.15) is 5.26 Å². The second-order valence-electron chi connectivity index (χ2n) is 9.32. The van der Waals surface area contributed by atoms with Crippen molar-refractivity contribution in [1.29, 1.82) is 5.26 Å². The highest BCUT2D eigenvalue weighted by Crippen LogP contribution is 2.36. The van der Waals surface area contributed by atoms with Gasteiger partial charge in [-0.3, -0.25) is 14.5 Å². The minimum atomic E-state index is -0.310. The Morgan fingerprint density at radius 1 is 1.00 bits per heavy atom. The summed E-state index contributed by atoms with van der Waals surface area (Å²) >= 11 is 0.956. The molecule has 1 fully saturated rings. The molecule has 190 valence electrons. The normalized spacial score (nSPS) is 14.5. The van der Waals surface area contributed by atoms with Crippen molar-refractivity contribution in [3.05, 3.63) is 105 Å². The lowest BCUT2D eigenvalue weighted by Gasteiger charge is -2.14. The van der Waals surface area contributed by atoms with Crippen LogP contribution in [0.2, 0.25) is 0 Å². The zero-order valence-corrected chi connectivity index (χ0v) is 22.3. The van der Waals surface area contributed by atoms with Gasteiger partial charge in [-0.25, -0.2) is 0 Å². The van der Waals surface area contributed by atoms with Crippen LogP contribution in [-0.4, -0.2) is 33.8 Å². The second-order valence-corrected chi connectivity index (χ2v) is 10.3. The van der Waals surface area contributed by atoms with Crippen LogP contribution in [0.4, 0.5) is 4.79 Å². The van der Waals surface area contributed by atoms with Crippen LogP contribution in [0.1, 0.15) is 33.5 Å². The third-order valence-corrected chi connectivity index (χ3v) is 7.72. The summed E-state index contributed by atoms with van der Waals surface area (Å²) < 4.78 is 8.04. The number of aromatic nitrogens is 1. The van der Waals surface area contributed by atoms with Crippen LogP contribution in [0, 0.1) is 32.1 Å². The number of carbonyl (C=O) groups excluding carboxylic acids is 2. The predicted octanol–water partition coefficient (Wildman–Crippen LogP) is 6.60. The fourth-order valence-electron chi connectivity index (χ4n) is 4.71. The molecule has 0 bridgehead atoms. The largest absolute Gasteiger partial charge is 0.491 e. The Balaban J connectivity index is 1.41. The van der Waals surface area contributed by atoms with Gasteiger partial charge in [0.05, 0.1) is 23.1 Å². The summed E-state index contributed by atoms with van der Waals surface area (Å²) in [6, 6.07) is 23.8. The smallest absolute Gasteiger partial charge is 0.293 e. The first-order valence-corrected chi connectivity index (χ1v) is 13.2. The maximum atomic E-state index is 13.2. The molecule has 0 unspecified atom stereocenters. The molecular formula is C31H27N3O3S. The number of amides is 2. The number of thioether (sulfide) groups is 1. The maximum absolute atomic E-state index is 13.2. The Morgan fingerprint density at radius 3 is 2.58 bits per heavy atom. The van der Waals surface area contributed by atoms with E-state index in [4.69, 9.17) is 4.74 Å². The average molecular weight is 522 g/mol. The minimum Gasteiger partial charge on any atom is -0.491 e. The molecule has 1 aromatic heterocycles. The van der Waals surface area contributed by atoms with Crippen LogP contribution in [-0.2, 0) is 11.3 Å². The van der Waals surface area contributed by atoms with Gasteiger partial charge in [0.2, 0.25) is 0 Å². The second kappa shape index (κ2) is 10.6. The minimum absolute atomic E-state index is 0.182. The molecule has 3 aromatic carbocycles. The van der Waals surface area contributed by atoms with Gasteiger partial charge < -0.3 is 9.30 Å². The van der Waals surface area contributed by atoms with Crippen molar-refractivity contribution in [2.24, 2.45) is 0 Å². The van der Waals surface area contributed by atoms with Gasteiger partial charge in [0.15, 0.2) is 0 Å². The van der Waals surface area contributed by atoms with Crippen LogP contribution in [0.25, 0.3) is 17.0 Å². The Labute approximate surface area is 226 Å². The molecule has 0 N–H and O–H groups in total. The van der Waals surface area contributed by atoms with Crippen molar-refractivity contribution < 1.29 is 14.3 Å². The molecule has 1 saturated heterocycles. The van der Waals surface area contributed by atoms with Crippen molar-refractivity contribution in [3.8, 4) is 11.8 Å². The van der Waals surface area contributed by atoms with Crippen molar-refractivity contribution in [3.63, 3.8) is 0 Å². The lowest BCUT2D eigenvalue weighted by molar-refractivity contribution is -0.123. The summed E-state index contributed by atoms with van der Waals surface area (Å²) in [6.07, 6.45) is 1.82. The van der Waals surface area contributed by atoms with Crippen molar-refractivity contribution >= 4 is 39.9 Å². The lowest BCUT2D eigenvalue weighted by atomic mass is 10.1. The fourth-order valence-corrected chi connectivity index (χ4v) is 5.56. The summed E-state index contributed by atoms with van der Waals surface area (Å²) in [5, 5.41) is 10.2. The van der Waals surface area contributed by atoms with E-state index in [9.17, 15) is 14.9 Å². The first kappa shape index (κ1) is 25.4. The Hall–Kier alpha value is -4.28. The molecule has 2 heterocycles. The van der Waals surface area contributed by atoms with E-state index in [0.717, 1.165) is 56.4 Å². The summed E-state index contributed by atoms with van der Waals surface area (Å²) in [4.78, 5) is 27.6. The van der Waals surface area contributed by atoms with Gasteiger partial charge in [-0.15, -0.1) is 0 Å². The van der Waals surface area contributed by atoms with E-state index in [1.165, 1.54) is 4.90 Å². The van der Waals surface area contributed by atoms with Crippen molar-refractivity contribution in [2.45, 2.75) is 27.3 Å². The molecule has 5 rings (SSSR count). The summed E-state index contributed by atoms with van der Waals surface area (Å²) in [5.41, 5.74) is 6.52. The molecule has 6 nitrogen and oxygen atoms in total. The lowest BCUT2D eigenvalue weighted by Crippen LogP contribution is -2.32. The standard InChI is InChI=1S/C31H27N3O3S/c1-20-12-13-21(2)28(16-20)37-15-14-33-30(35)29(38-31(33)36)17-26-22(3)34(27-11-7-6-10-25(26)27)19-24-9-5-4-8-23(24)18-32/h4-13,16-17H,14-15,19H2,1-3H3/b29-17-. The number of ether oxygens (including phenoxy) is 1. The van der Waals surface area contributed by atoms with E-state index in [1.54, 1.807) is 0 Å². The molecule has 0 atom stereocenters. The number of nitrogens with zero attached hydrogens (tertiary/aromatic N) is 3. The van der Waals surface area contributed by atoms with Crippen LogP contribution in [0.15, 0.2) is 71.6 Å². The molecule has 0 saturated carbocycles. The molecular weight excluding hydrogens is 494 g/mol. The zero-order valence-electron chi connectivity index (χ0n) is 21.5. The first-order chi connectivity index (χ1) is 18.4. The number of rotatable bonds is 7. The Bertz CT molecular complexity index is 1640. The summed E-state index contributed by atoms with van der Waals surface area (Å²) in [7, 11) is 0. The molecule has 0 aliphatic carbocycles. The maximum Gasteiger partial charge on any atom is 0.293 e. The van der Waals surface area contributed by atoms with Crippen LogP contribution < -0.4 is 4.74 Å². The number of hydrogen-bond acceptors (Lipinski definition) is 5. The molecule has 2 amide bonds. The van der Waals surface area contributed by atoms with Gasteiger partial charge in [0, 0.05) is 28.7 Å². The highest BCUT2D eigenvalue weighted by Gasteiger charge is 2.35. The molecule has 1 aliphatic heterocycles. The van der Waals surface area contributed by atoms with E-state index in [0.29, 0.717) is 17.0 Å². The van der Waals surface area contributed by atoms with Crippen molar-refractivity contribution in [2.75, 3.05) is 13.2 Å². The first-order valence-electron chi connectivity index (χ1n) is 12.4. The molecule has 7 heteroatoms. The highest BCUT2D eigenvalue weighted by atomic mass is 32.2. The molecule has 0 radical (unpaired) electrons. The van der Waals surface area contributed by atoms with Crippen LogP contribution in [0.5, 0.6) is 5.75 Å². The van der Waals surface area contributed by atoms with Gasteiger partial charge in [0.25, 0.3) is 11.1 Å². The van der Waals surface area contributed by atoms with Gasteiger partial charge in [-0.1, -0.05) is 48.5 Å². The molecule has 1 aliphatic rings. The number of para-hydroxylation sites is 1. The van der Waals surface area contributed by atoms with Gasteiger partial charge in [0.1, 0.15) is 12.4 Å². The average Bonchev–Trinajstić information content (AvgIpc) is 3.34. The van der Waals surface area contributed by atoms with E-state index < -0.39 is 0 Å². The number of fused-ring (bicyclic) bond motifs is 1. The number of benzene rings is 3. The highest BCUT2D eigenvalue weighted by molar-refractivity contribution is 8.18. The number of aryl methyl sites for hydroxylation is 2. The number of imide groups is 1. The van der Waals surface area contributed by atoms with E-state index >= 15 is 0 Å². The molecule has 4 aromatic rings. The summed E-state index contributed by atoms with van der Waals surface area (Å²) in [5.74, 6) is 0.449. The third kappa shape index (κ3) is 4.83.